The average Bonchev–Trinajstić information content (AvgIpc) is 3.13. The molecule has 2 aromatic heterocycles. The van der Waals surface area contributed by atoms with Crippen LogP contribution in [-0.2, 0) is 4.79 Å². The van der Waals surface area contributed by atoms with Crippen LogP contribution >= 0.6 is 11.6 Å². The molecule has 3 aromatic rings. The molecule has 2 heterocycles. The first-order valence-corrected chi connectivity index (χ1v) is 10.9. The highest BCUT2D eigenvalue weighted by Gasteiger charge is 2.29. The highest BCUT2D eigenvalue weighted by molar-refractivity contribution is 6.30. The van der Waals surface area contributed by atoms with Crippen molar-refractivity contribution in [3.63, 3.8) is 0 Å². The number of primary amides is 1. The molecule has 1 aliphatic carbocycles. The van der Waals surface area contributed by atoms with Gasteiger partial charge in [-0.15, -0.1) is 0 Å². The van der Waals surface area contributed by atoms with Crippen LogP contribution in [-0.4, -0.2) is 43.2 Å². The van der Waals surface area contributed by atoms with Gasteiger partial charge < -0.3 is 21.5 Å². The zero-order chi connectivity index (χ0) is 22.8. The second-order valence-corrected chi connectivity index (χ2v) is 8.53. The molecule has 0 bridgehead atoms. The number of fused-ring (bicyclic) bond motifs is 1. The number of hydrogen-bond donors (Lipinski definition) is 4. The van der Waals surface area contributed by atoms with Crippen LogP contribution in [0.2, 0.25) is 5.02 Å². The first kappa shape index (κ1) is 22.2. The number of carbonyl (C=O) groups is 1. The minimum atomic E-state index is -0.462. The SMILES string of the molecule is C[C@@H](CO)Nc1ncc2nc(Nc3cc(Cl)ccc3F)n([C@H]3CC[C@H](C(N)=O)CC3)c2n1. The van der Waals surface area contributed by atoms with Crippen molar-refractivity contribution in [2.24, 2.45) is 11.7 Å². The Hall–Kier alpha value is -2.98. The first-order valence-electron chi connectivity index (χ1n) is 10.5. The van der Waals surface area contributed by atoms with Gasteiger partial charge in [-0.05, 0) is 50.8 Å². The zero-order valence-corrected chi connectivity index (χ0v) is 18.3. The van der Waals surface area contributed by atoms with Crippen molar-refractivity contribution in [1.29, 1.82) is 0 Å². The molecule has 5 N–H and O–H groups in total. The predicted molar refractivity (Wildman–Crippen MR) is 120 cm³/mol. The molecule has 0 radical (unpaired) electrons. The molecule has 1 saturated carbocycles. The molecule has 11 heteroatoms. The van der Waals surface area contributed by atoms with E-state index in [2.05, 4.69) is 25.6 Å². The normalized spacial score (nSPS) is 19.6. The number of anilines is 3. The molecule has 4 rings (SSSR count). The Bertz CT molecular complexity index is 1130. The summed E-state index contributed by atoms with van der Waals surface area (Å²) in [5.74, 6) is -0.141. The van der Waals surface area contributed by atoms with Gasteiger partial charge in [0.1, 0.15) is 11.3 Å². The summed E-state index contributed by atoms with van der Waals surface area (Å²) in [5.41, 5.74) is 6.79. The Morgan fingerprint density at radius 1 is 1.34 bits per heavy atom. The second kappa shape index (κ2) is 9.25. The van der Waals surface area contributed by atoms with Gasteiger partial charge in [0, 0.05) is 23.0 Å². The minimum Gasteiger partial charge on any atom is -0.394 e. The monoisotopic (exact) mass is 461 g/mol. The molecule has 0 unspecified atom stereocenters. The summed E-state index contributed by atoms with van der Waals surface area (Å²) in [6.45, 7) is 1.74. The third-order valence-electron chi connectivity index (χ3n) is 5.72. The summed E-state index contributed by atoms with van der Waals surface area (Å²) in [4.78, 5) is 25.1. The zero-order valence-electron chi connectivity index (χ0n) is 17.6. The number of halogens is 2. The van der Waals surface area contributed by atoms with Gasteiger partial charge in [-0.2, -0.15) is 4.98 Å². The van der Waals surface area contributed by atoms with Crippen LogP contribution in [0.15, 0.2) is 24.4 Å². The van der Waals surface area contributed by atoms with Gasteiger partial charge >= 0.3 is 0 Å². The molecule has 1 aromatic carbocycles. The number of amides is 1. The van der Waals surface area contributed by atoms with Crippen LogP contribution in [0.25, 0.3) is 11.2 Å². The van der Waals surface area contributed by atoms with Crippen molar-refractivity contribution in [3.8, 4) is 0 Å². The first-order chi connectivity index (χ1) is 15.4. The summed E-state index contributed by atoms with van der Waals surface area (Å²) in [7, 11) is 0. The number of nitrogens with two attached hydrogens (primary N) is 1. The Morgan fingerprint density at radius 3 is 2.78 bits per heavy atom. The van der Waals surface area contributed by atoms with Crippen LogP contribution in [0.3, 0.4) is 0 Å². The van der Waals surface area contributed by atoms with Crippen molar-refractivity contribution in [3.05, 3.63) is 35.2 Å². The summed E-state index contributed by atoms with van der Waals surface area (Å²) < 4.78 is 16.3. The Balaban J connectivity index is 1.75. The molecule has 32 heavy (non-hydrogen) atoms. The summed E-state index contributed by atoms with van der Waals surface area (Å²) in [6.07, 6.45) is 4.29. The number of aliphatic hydroxyl groups excluding tert-OH is 1. The third kappa shape index (κ3) is 4.61. The molecule has 0 spiro atoms. The van der Waals surface area contributed by atoms with Crippen LogP contribution in [0.5, 0.6) is 0 Å². The minimum absolute atomic E-state index is 0.0154. The van der Waals surface area contributed by atoms with Crippen molar-refractivity contribution in [1.82, 2.24) is 19.5 Å². The number of nitrogens with zero attached hydrogens (tertiary/aromatic N) is 4. The Labute approximate surface area is 189 Å². The maximum Gasteiger partial charge on any atom is 0.225 e. The molecular weight excluding hydrogens is 437 g/mol. The van der Waals surface area contributed by atoms with E-state index in [1.54, 1.807) is 6.20 Å². The lowest BCUT2D eigenvalue weighted by Crippen LogP contribution is -2.29. The lowest BCUT2D eigenvalue weighted by atomic mass is 9.85. The quantitative estimate of drug-likeness (QED) is 0.424. The molecular formula is C21H25ClFN7O2. The van der Waals surface area contributed by atoms with E-state index in [4.69, 9.17) is 17.3 Å². The van der Waals surface area contributed by atoms with E-state index >= 15 is 0 Å². The van der Waals surface area contributed by atoms with Gasteiger partial charge in [-0.25, -0.2) is 14.4 Å². The van der Waals surface area contributed by atoms with Crippen LogP contribution in [0, 0.1) is 11.7 Å². The maximum atomic E-state index is 14.4. The number of nitrogens with one attached hydrogen (secondary N) is 2. The largest absolute Gasteiger partial charge is 0.394 e. The number of hydrogen-bond acceptors (Lipinski definition) is 7. The van der Waals surface area contributed by atoms with Gasteiger partial charge in [0.25, 0.3) is 0 Å². The number of imidazole rings is 1. The second-order valence-electron chi connectivity index (χ2n) is 8.09. The summed E-state index contributed by atoms with van der Waals surface area (Å²) >= 11 is 6.05. The van der Waals surface area contributed by atoms with Gasteiger partial charge in [-0.1, -0.05) is 11.6 Å². The van der Waals surface area contributed by atoms with Crippen LogP contribution in [0.4, 0.5) is 22.0 Å². The lowest BCUT2D eigenvalue weighted by Gasteiger charge is -2.29. The smallest absolute Gasteiger partial charge is 0.225 e. The van der Waals surface area contributed by atoms with Gasteiger partial charge in [0.2, 0.25) is 17.8 Å². The van der Waals surface area contributed by atoms with E-state index in [1.807, 2.05) is 11.5 Å². The number of aromatic nitrogens is 4. The van der Waals surface area contributed by atoms with Crippen molar-refractivity contribution in [2.75, 3.05) is 17.2 Å². The maximum absolute atomic E-state index is 14.4. The number of aliphatic hydroxyl groups is 1. The van der Waals surface area contributed by atoms with Gasteiger partial charge in [0.15, 0.2) is 5.65 Å². The molecule has 1 fully saturated rings. The Kier molecular flexibility index (Phi) is 6.43. The predicted octanol–water partition coefficient (Wildman–Crippen LogP) is 3.37. The average molecular weight is 462 g/mol. The van der Waals surface area contributed by atoms with Crippen LogP contribution < -0.4 is 16.4 Å². The molecule has 0 aliphatic heterocycles. The fourth-order valence-corrected chi connectivity index (χ4v) is 4.16. The van der Waals surface area contributed by atoms with E-state index in [0.29, 0.717) is 53.8 Å². The van der Waals surface area contributed by atoms with Crippen molar-refractivity contribution in [2.45, 2.75) is 44.7 Å². The number of carbonyl (C=O) groups excluding carboxylic acids is 1. The van der Waals surface area contributed by atoms with E-state index in [0.717, 1.165) is 0 Å². The van der Waals surface area contributed by atoms with E-state index in [-0.39, 0.29) is 36.2 Å². The third-order valence-corrected chi connectivity index (χ3v) is 5.96. The molecule has 1 aliphatic rings. The standard InChI is InChI=1S/C21H25ClFN7O2/c1-11(10-31)26-20-25-9-17-19(29-20)30(14-5-2-12(3-6-14)18(24)32)21(28-17)27-16-8-13(22)4-7-15(16)23/h4,7-9,11-12,14,31H,2-3,5-6,10H2,1H3,(H2,24,32)(H,27,28)(H,25,26,29)/t11-,12-,14-/m0/s1. The van der Waals surface area contributed by atoms with Gasteiger partial charge in [0.05, 0.1) is 18.5 Å². The summed E-state index contributed by atoms with van der Waals surface area (Å²) in [6, 6.07) is 4.01. The number of benzene rings is 1. The lowest BCUT2D eigenvalue weighted by molar-refractivity contribution is -0.122. The molecule has 1 atom stereocenters. The van der Waals surface area contributed by atoms with E-state index < -0.39 is 5.82 Å². The molecule has 170 valence electrons. The van der Waals surface area contributed by atoms with Gasteiger partial charge in [-0.3, -0.25) is 9.36 Å². The van der Waals surface area contributed by atoms with Crippen molar-refractivity contribution < 1.29 is 14.3 Å². The molecule has 9 nitrogen and oxygen atoms in total. The summed E-state index contributed by atoms with van der Waals surface area (Å²) in [5, 5.41) is 15.8. The van der Waals surface area contributed by atoms with Crippen molar-refractivity contribution >= 4 is 46.3 Å². The fraction of sp³-hybridized carbons (Fsp3) is 0.429. The molecule has 0 saturated heterocycles. The Morgan fingerprint density at radius 2 is 2.09 bits per heavy atom. The highest BCUT2D eigenvalue weighted by atomic mass is 35.5. The van der Waals surface area contributed by atoms with E-state index in [9.17, 15) is 14.3 Å². The highest BCUT2D eigenvalue weighted by Crippen LogP contribution is 2.37. The fourth-order valence-electron chi connectivity index (χ4n) is 3.99. The molecule has 1 amide bonds. The van der Waals surface area contributed by atoms with E-state index in [1.165, 1.54) is 18.2 Å². The topological polar surface area (TPSA) is 131 Å². The number of rotatable bonds is 7. The van der Waals surface area contributed by atoms with Crippen LogP contribution in [0.1, 0.15) is 38.6 Å².